The number of benzene rings is 1. The van der Waals surface area contributed by atoms with E-state index in [2.05, 4.69) is 0 Å². The molecule has 0 bridgehead atoms. The van der Waals surface area contributed by atoms with Crippen molar-refractivity contribution < 1.29 is 24.2 Å². The van der Waals surface area contributed by atoms with Gasteiger partial charge in [-0.05, 0) is 51.8 Å². The highest BCUT2D eigenvalue weighted by Gasteiger charge is 2.31. The summed E-state index contributed by atoms with van der Waals surface area (Å²) in [6.07, 6.45) is -0.421. The predicted molar refractivity (Wildman–Crippen MR) is 77.8 cm³/mol. The molecule has 5 nitrogen and oxygen atoms in total. The van der Waals surface area contributed by atoms with Gasteiger partial charge in [0, 0.05) is 0 Å². The van der Waals surface area contributed by atoms with E-state index in [1.54, 1.807) is 39.8 Å². The first-order valence-corrected chi connectivity index (χ1v) is 6.98. The van der Waals surface area contributed by atoms with Gasteiger partial charge >= 0.3 is 11.9 Å². The van der Waals surface area contributed by atoms with Crippen LogP contribution < -0.4 is 0 Å². The molecule has 1 aromatic carbocycles. The topological polar surface area (TPSA) is 72.8 Å². The molecule has 1 N–H and O–H groups in total. The van der Waals surface area contributed by atoms with E-state index in [0.717, 1.165) is 5.56 Å². The quantitative estimate of drug-likeness (QED) is 0.644. The third kappa shape index (κ3) is 5.85. The van der Waals surface area contributed by atoms with Crippen molar-refractivity contribution in [3.8, 4) is 5.75 Å². The van der Waals surface area contributed by atoms with Crippen LogP contribution in [0.15, 0.2) is 24.3 Å². The molecule has 1 aromatic rings. The number of phenols is 1. The zero-order valence-electron chi connectivity index (χ0n) is 12.8. The first-order chi connectivity index (χ1) is 9.79. The van der Waals surface area contributed by atoms with Crippen LogP contribution in [-0.4, -0.2) is 29.3 Å². The molecular weight excluding hydrogens is 272 g/mol. The standard InChI is InChI=1S/C16H22O5/c1-10(2)20-15(18)14(16(19)21-11(3)4)9-12-5-7-13(17)8-6-12/h5-8,10-11,14,17H,9H2,1-4H3. The number of carbonyl (C=O) groups is 2. The minimum Gasteiger partial charge on any atom is -0.508 e. The molecule has 0 spiro atoms. The van der Waals surface area contributed by atoms with Crippen LogP contribution in [0.1, 0.15) is 33.3 Å². The fraction of sp³-hybridized carbons (Fsp3) is 0.500. The molecule has 0 aromatic heterocycles. The summed E-state index contributed by atoms with van der Waals surface area (Å²) in [7, 11) is 0. The minimum atomic E-state index is -1.00. The average Bonchev–Trinajstić information content (AvgIpc) is 2.36. The lowest BCUT2D eigenvalue weighted by Crippen LogP contribution is -2.32. The van der Waals surface area contributed by atoms with E-state index in [0.29, 0.717) is 0 Å². The molecule has 0 saturated carbocycles. The number of ether oxygens (including phenoxy) is 2. The van der Waals surface area contributed by atoms with Crippen LogP contribution in [0.5, 0.6) is 5.75 Å². The Morgan fingerprint density at radius 2 is 1.38 bits per heavy atom. The summed E-state index contributed by atoms with van der Waals surface area (Å²) in [6.45, 7) is 6.90. The first-order valence-electron chi connectivity index (χ1n) is 6.98. The molecule has 0 unspecified atom stereocenters. The second-order valence-electron chi connectivity index (χ2n) is 5.39. The summed E-state index contributed by atoms with van der Waals surface area (Å²) in [5.41, 5.74) is 0.749. The number of carbonyl (C=O) groups excluding carboxylic acids is 2. The summed E-state index contributed by atoms with van der Waals surface area (Å²) in [4.78, 5) is 24.2. The molecule has 0 saturated heterocycles. The molecule has 0 heterocycles. The van der Waals surface area contributed by atoms with Gasteiger partial charge in [-0.15, -0.1) is 0 Å². The maximum absolute atomic E-state index is 12.1. The molecule has 21 heavy (non-hydrogen) atoms. The summed E-state index contributed by atoms with van der Waals surface area (Å²) in [5, 5.41) is 9.26. The van der Waals surface area contributed by atoms with E-state index < -0.39 is 17.9 Å². The summed E-state index contributed by atoms with van der Waals surface area (Å²) in [5.74, 6) is -2.06. The molecule has 0 aliphatic rings. The monoisotopic (exact) mass is 294 g/mol. The Kier molecular flexibility index (Phi) is 6.21. The van der Waals surface area contributed by atoms with Crippen molar-refractivity contribution in [3.63, 3.8) is 0 Å². The number of phenolic OH excluding ortho intramolecular Hbond substituents is 1. The fourth-order valence-electron chi connectivity index (χ4n) is 1.76. The highest BCUT2D eigenvalue weighted by Crippen LogP contribution is 2.17. The molecule has 0 radical (unpaired) electrons. The second kappa shape index (κ2) is 7.67. The van der Waals surface area contributed by atoms with E-state index in [4.69, 9.17) is 9.47 Å². The van der Waals surface area contributed by atoms with Crippen molar-refractivity contribution in [1.82, 2.24) is 0 Å². The Morgan fingerprint density at radius 3 is 1.76 bits per heavy atom. The van der Waals surface area contributed by atoms with Crippen molar-refractivity contribution in [1.29, 1.82) is 0 Å². The smallest absolute Gasteiger partial charge is 0.320 e. The van der Waals surface area contributed by atoms with Gasteiger partial charge in [-0.1, -0.05) is 12.1 Å². The Balaban J connectivity index is 2.87. The van der Waals surface area contributed by atoms with Crippen LogP contribution in [0.3, 0.4) is 0 Å². The third-order valence-corrected chi connectivity index (χ3v) is 2.65. The lowest BCUT2D eigenvalue weighted by Gasteiger charge is -2.18. The van der Waals surface area contributed by atoms with Crippen molar-refractivity contribution in [2.75, 3.05) is 0 Å². The second-order valence-corrected chi connectivity index (χ2v) is 5.39. The van der Waals surface area contributed by atoms with Gasteiger partial charge in [0.1, 0.15) is 5.75 Å². The molecular formula is C16H22O5. The van der Waals surface area contributed by atoms with Gasteiger partial charge in [0.15, 0.2) is 5.92 Å². The van der Waals surface area contributed by atoms with Gasteiger partial charge in [-0.25, -0.2) is 0 Å². The van der Waals surface area contributed by atoms with Crippen LogP contribution in [0, 0.1) is 5.92 Å². The van der Waals surface area contributed by atoms with Crippen molar-refractivity contribution >= 4 is 11.9 Å². The number of aromatic hydroxyl groups is 1. The van der Waals surface area contributed by atoms with E-state index in [1.165, 1.54) is 12.1 Å². The third-order valence-electron chi connectivity index (χ3n) is 2.65. The van der Waals surface area contributed by atoms with Crippen LogP contribution in [0.25, 0.3) is 0 Å². The predicted octanol–water partition coefficient (Wildman–Crippen LogP) is 2.45. The number of esters is 2. The van der Waals surface area contributed by atoms with E-state index >= 15 is 0 Å². The Morgan fingerprint density at radius 1 is 0.952 bits per heavy atom. The van der Waals surface area contributed by atoms with Gasteiger partial charge in [0.05, 0.1) is 12.2 Å². The Labute approximate surface area is 124 Å². The van der Waals surface area contributed by atoms with Gasteiger partial charge in [-0.3, -0.25) is 9.59 Å². The van der Waals surface area contributed by atoms with Crippen LogP contribution in [-0.2, 0) is 25.5 Å². The Hall–Kier alpha value is -2.04. The fourth-order valence-corrected chi connectivity index (χ4v) is 1.76. The molecule has 1 rings (SSSR count). The molecule has 0 atom stereocenters. The zero-order chi connectivity index (χ0) is 16.0. The van der Waals surface area contributed by atoms with Crippen molar-refractivity contribution in [3.05, 3.63) is 29.8 Å². The molecule has 116 valence electrons. The first kappa shape index (κ1) is 17.0. The number of rotatable bonds is 6. The van der Waals surface area contributed by atoms with Crippen LogP contribution in [0.2, 0.25) is 0 Å². The van der Waals surface area contributed by atoms with E-state index in [-0.39, 0.29) is 24.4 Å². The van der Waals surface area contributed by atoms with Crippen molar-refractivity contribution in [2.45, 2.75) is 46.3 Å². The number of hydrogen-bond donors (Lipinski definition) is 1. The maximum atomic E-state index is 12.1. The molecule has 0 aliphatic carbocycles. The van der Waals surface area contributed by atoms with Crippen molar-refractivity contribution in [2.24, 2.45) is 5.92 Å². The van der Waals surface area contributed by atoms with Gasteiger partial charge in [0.2, 0.25) is 0 Å². The molecule has 0 amide bonds. The summed E-state index contributed by atoms with van der Waals surface area (Å²) in [6, 6.07) is 6.34. The van der Waals surface area contributed by atoms with Gasteiger partial charge in [0.25, 0.3) is 0 Å². The summed E-state index contributed by atoms with van der Waals surface area (Å²) < 4.78 is 10.2. The average molecular weight is 294 g/mol. The van der Waals surface area contributed by atoms with E-state index in [1.807, 2.05) is 0 Å². The molecule has 0 fully saturated rings. The Bertz CT molecular complexity index is 454. The SMILES string of the molecule is CC(C)OC(=O)C(Cc1ccc(O)cc1)C(=O)OC(C)C. The highest BCUT2D eigenvalue weighted by molar-refractivity contribution is 5.95. The van der Waals surface area contributed by atoms with Crippen LogP contribution >= 0.6 is 0 Å². The number of hydrogen-bond acceptors (Lipinski definition) is 5. The maximum Gasteiger partial charge on any atom is 0.320 e. The van der Waals surface area contributed by atoms with Crippen LogP contribution in [0.4, 0.5) is 0 Å². The highest BCUT2D eigenvalue weighted by atomic mass is 16.6. The normalized spacial score (nSPS) is 11.0. The minimum absolute atomic E-state index is 0.129. The van der Waals surface area contributed by atoms with Gasteiger partial charge < -0.3 is 14.6 Å². The van der Waals surface area contributed by atoms with E-state index in [9.17, 15) is 14.7 Å². The largest absolute Gasteiger partial charge is 0.508 e. The lowest BCUT2D eigenvalue weighted by atomic mass is 9.99. The summed E-state index contributed by atoms with van der Waals surface area (Å²) >= 11 is 0. The van der Waals surface area contributed by atoms with Gasteiger partial charge in [-0.2, -0.15) is 0 Å². The lowest BCUT2D eigenvalue weighted by molar-refractivity contribution is -0.166. The molecule has 5 heteroatoms. The molecule has 0 aliphatic heterocycles. The zero-order valence-corrected chi connectivity index (χ0v) is 12.8.